The fraction of sp³-hybridized carbons (Fsp3) is 0.154. The lowest BCUT2D eigenvalue weighted by molar-refractivity contribution is -0.385. The van der Waals surface area contributed by atoms with Crippen LogP contribution >= 0.6 is 0 Å². The van der Waals surface area contributed by atoms with E-state index in [0.29, 0.717) is 11.3 Å². The van der Waals surface area contributed by atoms with E-state index in [9.17, 15) is 10.1 Å². The predicted molar refractivity (Wildman–Crippen MR) is 71.9 cm³/mol. The first-order valence-corrected chi connectivity index (χ1v) is 5.82. The van der Waals surface area contributed by atoms with Crippen molar-refractivity contribution in [1.82, 2.24) is 9.97 Å². The van der Waals surface area contributed by atoms with Crippen LogP contribution in [0, 0.1) is 28.4 Å². The van der Waals surface area contributed by atoms with Gasteiger partial charge >= 0.3 is 0 Å². The van der Waals surface area contributed by atoms with Gasteiger partial charge in [-0.25, -0.2) is 9.97 Å². The Labute approximate surface area is 115 Å². The van der Waals surface area contributed by atoms with Crippen molar-refractivity contribution in [2.45, 2.75) is 13.5 Å². The van der Waals surface area contributed by atoms with E-state index in [1.165, 1.54) is 6.07 Å². The van der Waals surface area contributed by atoms with Gasteiger partial charge < -0.3 is 5.32 Å². The first kappa shape index (κ1) is 13.4. The number of hydrogen-bond donors (Lipinski definition) is 1. The van der Waals surface area contributed by atoms with Crippen LogP contribution in [0.4, 0.5) is 11.6 Å². The highest BCUT2D eigenvalue weighted by Gasteiger charge is 2.12. The van der Waals surface area contributed by atoms with Crippen LogP contribution in [0.1, 0.15) is 17.0 Å². The van der Waals surface area contributed by atoms with Gasteiger partial charge in [-0.05, 0) is 13.0 Å². The molecule has 1 heterocycles. The summed E-state index contributed by atoms with van der Waals surface area (Å²) in [6.45, 7) is 1.96. The predicted octanol–water partition coefficient (Wildman–Crippen LogP) is 2.18. The van der Waals surface area contributed by atoms with Crippen LogP contribution in [0.25, 0.3) is 0 Å². The third kappa shape index (κ3) is 3.05. The molecule has 7 heteroatoms. The SMILES string of the molecule is Cc1cc(C#N)nc(NCc2ccccc2[N+](=O)[O-])n1. The van der Waals surface area contributed by atoms with Gasteiger partial charge in [-0.15, -0.1) is 0 Å². The zero-order valence-corrected chi connectivity index (χ0v) is 10.7. The van der Waals surface area contributed by atoms with Gasteiger partial charge in [-0.2, -0.15) is 5.26 Å². The lowest BCUT2D eigenvalue weighted by Gasteiger charge is -2.06. The fourth-order valence-electron chi connectivity index (χ4n) is 1.72. The van der Waals surface area contributed by atoms with E-state index in [1.54, 1.807) is 31.2 Å². The number of nitrogens with zero attached hydrogens (tertiary/aromatic N) is 4. The molecule has 0 unspecified atom stereocenters. The number of aromatic nitrogens is 2. The van der Waals surface area contributed by atoms with Crippen LogP contribution in [0.5, 0.6) is 0 Å². The normalized spacial score (nSPS) is 9.80. The van der Waals surface area contributed by atoms with Crippen molar-refractivity contribution in [1.29, 1.82) is 5.26 Å². The molecule has 2 rings (SSSR count). The number of para-hydroxylation sites is 1. The topological polar surface area (TPSA) is 105 Å². The molecule has 0 fully saturated rings. The highest BCUT2D eigenvalue weighted by atomic mass is 16.6. The Morgan fingerprint density at radius 1 is 1.40 bits per heavy atom. The average molecular weight is 269 g/mol. The molecule has 1 aromatic carbocycles. The number of anilines is 1. The van der Waals surface area contributed by atoms with E-state index in [1.807, 2.05) is 6.07 Å². The fourth-order valence-corrected chi connectivity index (χ4v) is 1.72. The molecule has 0 saturated carbocycles. The number of nitro benzene ring substituents is 1. The Morgan fingerprint density at radius 3 is 2.85 bits per heavy atom. The Morgan fingerprint density at radius 2 is 2.15 bits per heavy atom. The number of rotatable bonds is 4. The third-order valence-corrected chi connectivity index (χ3v) is 2.59. The molecule has 20 heavy (non-hydrogen) atoms. The van der Waals surface area contributed by atoms with Gasteiger partial charge in [0.15, 0.2) is 0 Å². The van der Waals surface area contributed by atoms with Crippen molar-refractivity contribution in [2.75, 3.05) is 5.32 Å². The third-order valence-electron chi connectivity index (χ3n) is 2.59. The molecule has 0 saturated heterocycles. The van der Waals surface area contributed by atoms with Gasteiger partial charge in [0, 0.05) is 23.9 Å². The van der Waals surface area contributed by atoms with Crippen LogP contribution in [0.15, 0.2) is 30.3 Å². The summed E-state index contributed by atoms with van der Waals surface area (Å²) in [7, 11) is 0. The molecule has 1 aromatic heterocycles. The number of nitro groups is 1. The molecule has 0 spiro atoms. The van der Waals surface area contributed by atoms with Crippen molar-refractivity contribution in [2.24, 2.45) is 0 Å². The molecule has 1 N–H and O–H groups in total. The maximum Gasteiger partial charge on any atom is 0.274 e. The summed E-state index contributed by atoms with van der Waals surface area (Å²) in [5.74, 6) is 0.278. The quantitative estimate of drug-likeness (QED) is 0.673. The second-order valence-corrected chi connectivity index (χ2v) is 4.07. The van der Waals surface area contributed by atoms with Gasteiger partial charge in [0.05, 0.1) is 4.92 Å². The summed E-state index contributed by atoms with van der Waals surface area (Å²) in [5.41, 5.74) is 1.47. The second-order valence-electron chi connectivity index (χ2n) is 4.07. The number of benzene rings is 1. The summed E-state index contributed by atoms with van der Waals surface area (Å²) < 4.78 is 0. The van der Waals surface area contributed by atoms with Gasteiger partial charge in [0.2, 0.25) is 5.95 Å². The first-order valence-electron chi connectivity index (χ1n) is 5.82. The van der Waals surface area contributed by atoms with Crippen LogP contribution in [-0.2, 0) is 6.54 Å². The molecular weight excluding hydrogens is 258 g/mol. The molecule has 0 amide bonds. The van der Waals surface area contributed by atoms with Crippen LogP contribution in [0.3, 0.4) is 0 Å². The Bertz CT molecular complexity index is 693. The van der Waals surface area contributed by atoms with E-state index >= 15 is 0 Å². The van der Waals surface area contributed by atoms with Crippen molar-refractivity contribution in [3.05, 3.63) is 57.4 Å². The molecule has 100 valence electrons. The van der Waals surface area contributed by atoms with Crippen molar-refractivity contribution in [3.8, 4) is 6.07 Å². The van der Waals surface area contributed by atoms with E-state index in [2.05, 4.69) is 15.3 Å². The molecule has 7 nitrogen and oxygen atoms in total. The van der Waals surface area contributed by atoms with Gasteiger partial charge in [0.25, 0.3) is 5.69 Å². The molecule has 2 aromatic rings. The molecule has 0 atom stereocenters. The Balaban J connectivity index is 2.19. The van der Waals surface area contributed by atoms with Crippen molar-refractivity contribution >= 4 is 11.6 Å². The van der Waals surface area contributed by atoms with Gasteiger partial charge in [0.1, 0.15) is 11.8 Å². The maximum atomic E-state index is 10.9. The monoisotopic (exact) mass is 269 g/mol. The maximum absolute atomic E-state index is 10.9. The number of aryl methyl sites for hydroxylation is 1. The molecular formula is C13H11N5O2. The Kier molecular flexibility index (Phi) is 3.86. The summed E-state index contributed by atoms with van der Waals surface area (Å²) in [5, 5.41) is 22.6. The summed E-state index contributed by atoms with van der Waals surface area (Å²) in [6.07, 6.45) is 0. The summed E-state index contributed by atoms with van der Waals surface area (Å²) in [4.78, 5) is 18.6. The number of hydrogen-bond acceptors (Lipinski definition) is 6. The van der Waals surface area contributed by atoms with Crippen molar-refractivity contribution < 1.29 is 4.92 Å². The van der Waals surface area contributed by atoms with E-state index < -0.39 is 4.92 Å². The smallest absolute Gasteiger partial charge is 0.274 e. The second kappa shape index (κ2) is 5.75. The van der Waals surface area contributed by atoms with E-state index in [-0.39, 0.29) is 23.9 Å². The summed E-state index contributed by atoms with van der Waals surface area (Å²) in [6, 6.07) is 9.93. The zero-order valence-electron chi connectivity index (χ0n) is 10.7. The molecule has 0 aliphatic heterocycles. The standard InChI is InChI=1S/C13H11N5O2/c1-9-6-11(7-14)17-13(16-9)15-8-10-4-2-3-5-12(10)18(19)20/h2-6H,8H2,1H3,(H,15,16,17). The minimum Gasteiger partial charge on any atom is -0.350 e. The van der Waals surface area contributed by atoms with Crippen molar-refractivity contribution in [3.63, 3.8) is 0 Å². The minimum atomic E-state index is -0.436. The molecule has 0 aliphatic rings. The summed E-state index contributed by atoms with van der Waals surface area (Å²) >= 11 is 0. The highest BCUT2D eigenvalue weighted by molar-refractivity contribution is 5.42. The molecule has 0 bridgehead atoms. The number of nitriles is 1. The largest absolute Gasteiger partial charge is 0.350 e. The van der Waals surface area contributed by atoms with E-state index in [0.717, 1.165) is 0 Å². The molecule has 0 radical (unpaired) electrons. The lowest BCUT2D eigenvalue weighted by atomic mass is 10.2. The number of nitrogens with one attached hydrogen (secondary N) is 1. The van der Waals surface area contributed by atoms with Gasteiger partial charge in [-0.1, -0.05) is 18.2 Å². The minimum absolute atomic E-state index is 0.0353. The van der Waals surface area contributed by atoms with Gasteiger partial charge in [-0.3, -0.25) is 10.1 Å². The molecule has 0 aliphatic carbocycles. The first-order chi connectivity index (χ1) is 9.60. The average Bonchev–Trinajstić information content (AvgIpc) is 2.44. The van der Waals surface area contributed by atoms with E-state index in [4.69, 9.17) is 5.26 Å². The van der Waals surface area contributed by atoms with Crippen LogP contribution in [0.2, 0.25) is 0 Å². The van der Waals surface area contributed by atoms with Crippen LogP contribution < -0.4 is 5.32 Å². The lowest BCUT2D eigenvalue weighted by Crippen LogP contribution is -2.07. The van der Waals surface area contributed by atoms with Crippen LogP contribution in [-0.4, -0.2) is 14.9 Å². The Hall–Kier alpha value is -3.01. The zero-order chi connectivity index (χ0) is 14.5. The highest BCUT2D eigenvalue weighted by Crippen LogP contribution is 2.18.